The van der Waals surface area contributed by atoms with Gasteiger partial charge in [-0.3, -0.25) is 0 Å². The Labute approximate surface area is 209 Å². The number of aromatic nitrogens is 3. The van der Waals surface area contributed by atoms with Crippen molar-refractivity contribution in [2.24, 2.45) is 0 Å². The van der Waals surface area contributed by atoms with Crippen LogP contribution in [0.25, 0.3) is 22.8 Å². The quantitative estimate of drug-likeness (QED) is 0.373. The molecule has 0 saturated carbocycles. The molecule has 5 rings (SSSR count). The number of hydrogen-bond donors (Lipinski definition) is 0. The first kappa shape index (κ1) is 23.6. The van der Waals surface area contributed by atoms with Crippen LogP contribution < -0.4 is 10.1 Å². The molecule has 1 radical (unpaired) electrons. The maximum atomic E-state index is 5.67. The topological polar surface area (TPSA) is 50.3 Å². The summed E-state index contributed by atoms with van der Waals surface area (Å²) in [6.07, 6.45) is 2.11. The van der Waals surface area contributed by atoms with Crippen molar-refractivity contribution >= 4 is 18.9 Å². The molecule has 1 saturated heterocycles. The maximum absolute atomic E-state index is 5.67. The SMILES string of the molecule is Cc1cc(-c2nc(-c3ccc([Si](C)(C)C)cc3)no2)cn1Cc1c[c]ccc1N1CCN(C)CC1. The molecule has 0 aliphatic carbocycles. The van der Waals surface area contributed by atoms with E-state index in [-0.39, 0.29) is 0 Å². The molecule has 4 aromatic rings. The van der Waals surface area contributed by atoms with E-state index in [0.29, 0.717) is 11.7 Å². The summed E-state index contributed by atoms with van der Waals surface area (Å²) in [5.41, 5.74) is 5.66. The molecule has 6 nitrogen and oxygen atoms in total. The van der Waals surface area contributed by atoms with Gasteiger partial charge in [0.05, 0.1) is 13.6 Å². The van der Waals surface area contributed by atoms with Crippen molar-refractivity contribution < 1.29 is 4.52 Å². The van der Waals surface area contributed by atoms with Gasteiger partial charge in [0.25, 0.3) is 5.89 Å². The van der Waals surface area contributed by atoms with Crippen LogP contribution in [0.2, 0.25) is 19.6 Å². The van der Waals surface area contributed by atoms with E-state index >= 15 is 0 Å². The largest absolute Gasteiger partial charge is 0.369 e. The summed E-state index contributed by atoms with van der Waals surface area (Å²) in [6.45, 7) is 14.2. The Bertz CT molecular complexity index is 1290. The first-order valence-electron chi connectivity index (χ1n) is 12.3. The second-order valence-electron chi connectivity index (χ2n) is 10.6. The van der Waals surface area contributed by atoms with Gasteiger partial charge in [0.1, 0.15) is 0 Å². The monoisotopic (exact) mass is 484 g/mol. The normalized spacial score (nSPS) is 15.1. The number of rotatable bonds is 6. The van der Waals surface area contributed by atoms with E-state index in [1.54, 1.807) is 0 Å². The molecule has 1 aliphatic heterocycles. The minimum absolute atomic E-state index is 0.551. The van der Waals surface area contributed by atoms with Crippen LogP contribution in [-0.4, -0.2) is 60.9 Å². The molecule has 181 valence electrons. The maximum Gasteiger partial charge on any atom is 0.259 e. The van der Waals surface area contributed by atoms with Crippen LogP contribution in [0.3, 0.4) is 0 Å². The first-order valence-corrected chi connectivity index (χ1v) is 15.8. The number of piperazine rings is 1. The van der Waals surface area contributed by atoms with Crippen molar-refractivity contribution in [2.75, 3.05) is 38.1 Å². The van der Waals surface area contributed by atoms with E-state index in [1.807, 2.05) is 6.07 Å². The molecule has 0 bridgehead atoms. The molecule has 3 heterocycles. The number of nitrogens with zero attached hydrogens (tertiary/aromatic N) is 5. The van der Waals surface area contributed by atoms with E-state index in [4.69, 9.17) is 9.51 Å². The molecule has 0 spiro atoms. The van der Waals surface area contributed by atoms with Crippen LogP contribution >= 0.6 is 0 Å². The summed E-state index contributed by atoms with van der Waals surface area (Å²) in [5.74, 6) is 1.18. The van der Waals surface area contributed by atoms with Gasteiger partial charge < -0.3 is 18.9 Å². The van der Waals surface area contributed by atoms with E-state index in [2.05, 4.69) is 108 Å². The van der Waals surface area contributed by atoms with Crippen LogP contribution in [-0.2, 0) is 6.54 Å². The summed E-state index contributed by atoms with van der Waals surface area (Å²) in [6, 6.07) is 20.3. The van der Waals surface area contributed by atoms with Crippen molar-refractivity contribution in [1.82, 2.24) is 19.6 Å². The highest BCUT2D eigenvalue weighted by Crippen LogP contribution is 2.27. The Morgan fingerprint density at radius 1 is 1.00 bits per heavy atom. The molecular formula is C28H34N5OSi. The van der Waals surface area contributed by atoms with Gasteiger partial charge in [-0.1, -0.05) is 60.3 Å². The number of hydrogen-bond acceptors (Lipinski definition) is 5. The zero-order valence-corrected chi connectivity index (χ0v) is 22.4. The van der Waals surface area contributed by atoms with Crippen LogP contribution in [0.4, 0.5) is 5.69 Å². The molecule has 0 atom stereocenters. The summed E-state index contributed by atoms with van der Waals surface area (Å²) >= 11 is 0. The molecule has 0 amide bonds. The Kier molecular flexibility index (Phi) is 6.38. The third kappa shape index (κ3) is 5.11. The van der Waals surface area contributed by atoms with E-state index in [1.165, 1.54) is 16.4 Å². The van der Waals surface area contributed by atoms with E-state index < -0.39 is 8.07 Å². The molecule has 0 N–H and O–H groups in total. The Balaban J connectivity index is 1.36. The predicted molar refractivity (Wildman–Crippen MR) is 145 cm³/mol. The number of likely N-dealkylation sites (N-methyl/N-ethyl adjacent to an activating group) is 1. The van der Waals surface area contributed by atoms with Gasteiger partial charge >= 0.3 is 0 Å². The lowest BCUT2D eigenvalue weighted by molar-refractivity contribution is 0.312. The minimum atomic E-state index is -1.33. The number of anilines is 1. The average molecular weight is 485 g/mol. The van der Waals surface area contributed by atoms with Gasteiger partial charge in [-0.2, -0.15) is 4.98 Å². The van der Waals surface area contributed by atoms with Crippen molar-refractivity contribution in [2.45, 2.75) is 33.1 Å². The lowest BCUT2D eigenvalue weighted by atomic mass is 10.1. The highest BCUT2D eigenvalue weighted by atomic mass is 28.3. The van der Waals surface area contributed by atoms with Crippen molar-refractivity contribution in [3.63, 3.8) is 0 Å². The minimum Gasteiger partial charge on any atom is -0.369 e. The zero-order valence-electron chi connectivity index (χ0n) is 21.4. The average Bonchev–Trinajstić information content (AvgIpc) is 3.47. The molecule has 1 fully saturated rings. The molecule has 0 unspecified atom stereocenters. The summed E-state index contributed by atoms with van der Waals surface area (Å²) < 4.78 is 7.92. The molecule has 2 aromatic heterocycles. The van der Waals surface area contributed by atoms with Gasteiger partial charge in [0.15, 0.2) is 0 Å². The van der Waals surface area contributed by atoms with Crippen LogP contribution in [0.1, 0.15) is 11.3 Å². The summed E-state index contributed by atoms with van der Waals surface area (Å²) in [5, 5.41) is 5.68. The van der Waals surface area contributed by atoms with Gasteiger partial charge in [0.2, 0.25) is 5.82 Å². The molecular weight excluding hydrogens is 450 g/mol. The third-order valence-corrected chi connectivity index (χ3v) is 8.97. The Morgan fingerprint density at radius 2 is 1.74 bits per heavy atom. The predicted octanol–water partition coefficient (Wildman–Crippen LogP) is 4.66. The molecule has 2 aromatic carbocycles. The second kappa shape index (κ2) is 9.47. The lowest BCUT2D eigenvalue weighted by Gasteiger charge is -2.35. The highest BCUT2D eigenvalue weighted by Gasteiger charge is 2.19. The van der Waals surface area contributed by atoms with Gasteiger partial charge in [-0.15, -0.1) is 0 Å². The third-order valence-electron chi connectivity index (χ3n) is 6.90. The van der Waals surface area contributed by atoms with Gasteiger partial charge in [0, 0.05) is 55.9 Å². The van der Waals surface area contributed by atoms with Crippen LogP contribution in [0, 0.1) is 13.0 Å². The fourth-order valence-corrected chi connectivity index (χ4v) is 5.77. The van der Waals surface area contributed by atoms with E-state index in [9.17, 15) is 0 Å². The smallest absolute Gasteiger partial charge is 0.259 e. The van der Waals surface area contributed by atoms with Crippen LogP contribution in [0.15, 0.2) is 59.3 Å². The molecule has 1 aliphatic rings. The fraction of sp³-hybridized carbons (Fsp3) is 0.357. The van der Waals surface area contributed by atoms with E-state index in [0.717, 1.165) is 49.5 Å². The van der Waals surface area contributed by atoms with Crippen molar-refractivity contribution in [1.29, 1.82) is 0 Å². The highest BCUT2D eigenvalue weighted by molar-refractivity contribution is 6.88. The summed E-state index contributed by atoms with van der Waals surface area (Å²) in [4.78, 5) is 9.57. The molecule has 35 heavy (non-hydrogen) atoms. The first-order chi connectivity index (χ1) is 16.8. The number of benzene rings is 2. The molecule has 7 heteroatoms. The number of aryl methyl sites for hydroxylation is 1. The Morgan fingerprint density at radius 3 is 2.46 bits per heavy atom. The van der Waals surface area contributed by atoms with Gasteiger partial charge in [-0.25, -0.2) is 0 Å². The van der Waals surface area contributed by atoms with Crippen molar-refractivity contribution in [3.8, 4) is 22.8 Å². The zero-order chi connectivity index (χ0) is 24.6. The summed E-state index contributed by atoms with van der Waals surface area (Å²) in [7, 11) is 0.854. The standard InChI is InChI=1S/C28H34N5OSi/c1-21-18-24(28-29-27(30-34-28)22-10-12-25(13-11-22)35(3,4)5)20-33(21)19-23-8-6-7-9-26(23)32-16-14-31(2)15-17-32/h7-13,18,20H,14-17,19H2,1-5H3. The Hall–Kier alpha value is -3.16. The van der Waals surface area contributed by atoms with Gasteiger partial charge in [-0.05, 0) is 43.8 Å². The fourth-order valence-electron chi connectivity index (χ4n) is 4.60. The lowest BCUT2D eigenvalue weighted by Crippen LogP contribution is -2.44. The van der Waals surface area contributed by atoms with Crippen LogP contribution in [0.5, 0.6) is 0 Å². The van der Waals surface area contributed by atoms with Crippen molar-refractivity contribution in [3.05, 3.63) is 72.1 Å². The second-order valence-corrected chi connectivity index (χ2v) is 15.7.